The summed E-state index contributed by atoms with van der Waals surface area (Å²) in [5.74, 6) is -0.452. The predicted octanol–water partition coefficient (Wildman–Crippen LogP) is 5.24. The van der Waals surface area contributed by atoms with E-state index in [0.29, 0.717) is 54.6 Å². The largest absolute Gasteiger partial charge is 0.369 e. The lowest BCUT2D eigenvalue weighted by molar-refractivity contribution is -0.122. The van der Waals surface area contributed by atoms with Gasteiger partial charge in [-0.2, -0.15) is 9.97 Å². The summed E-state index contributed by atoms with van der Waals surface area (Å²) >= 11 is 6.17. The van der Waals surface area contributed by atoms with E-state index in [-0.39, 0.29) is 40.5 Å². The minimum absolute atomic E-state index is 0.0852. The van der Waals surface area contributed by atoms with Crippen LogP contribution in [0.4, 0.5) is 26.4 Å². The standard InChI is InChI=1S/C26H28ClF2N9O2/c27-18-9-15(28)10-19(29)21(18)36-26-35-20-11-31-25(34-16-5-1-14(2-6-16)24-32-12-33-40-24)37-23(20)38(26)17-7-3-13(4-8-17)22(30)39/h9-14,16-17H,1-8H2,(H2,30,39)(H,35,36)(H,31,34,37)/t13-,14?,16?,17-. The molecule has 6 rings (SSSR count). The Morgan fingerprint density at radius 3 is 2.50 bits per heavy atom. The van der Waals surface area contributed by atoms with Gasteiger partial charge >= 0.3 is 0 Å². The van der Waals surface area contributed by atoms with Gasteiger partial charge in [0.05, 0.1) is 16.9 Å². The first-order valence-electron chi connectivity index (χ1n) is 13.3. The van der Waals surface area contributed by atoms with Crippen molar-refractivity contribution in [3.8, 4) is 0 Å². The number of benzene rings is 1. The molecule has 3 heterocycles. The molecule has 210 valence electrons. The second-order valence-electron chi connectivity index (χ2n) is 10.5. The van der Waals surface area contributed by atoms with E-state index in [1.165, 1.54) is 6.33 Å². The third-order valence-corrected chi connectivity index (χ3v) is 8.23. The number of hydrogen-bond donors (Lipinski definition) is 3. The Kier molecular flexibility index (Phi) is 7.22. The SMILES string of the molecule is NC(=O)[C@H]1CC[C@H](n2c(Nc3c(F)cc(F)cc3Cl)nc3cnc(NC4CCC(c5ncno5)CC4)nc32)CC1. The van der Waals surface area contributed by atoms with Crippen LogP contribution in [0.2, 0.25) is 5.02 Å². The number of rotatable bonds is 7. The van der Waals surface area contributed by atoms with Crippen molar-refractivity contribution < 1.29 is 18.1 Å². The van der Waals surface area contributed by atoms with E-state index in [0.717, 1.165) is 37.8 Å². The molecule has 2 aliphatic carbocycles. The molecule has 40 heavy (non-hydrogen) atoms. The summed E-state index contributed by atoms with van der Waals surface area (Å²) in [5, 5.41) is 9.99. The van der Waals surface area contributed by atoms with Gasteiger partial charge in [-0.15, -0.1) is 0 Å². The van der Waals surface area contributed by atoms with E-state index in [1.54, 1.807) is 6.20 Å². The van der Waals surface area contributed by atoms with E-state index >= 15 is 0 Å². The number of imidazole rings is 1. The highest BCUT2D eigenvalue weighted by molar-refractivity contribution is 6.33. The van der Waals surface area contributed by atoms with Crippen molar-refractivity contribution in [1.29, 1.82) is 0 Å². The predicted molar refractivity (Wildman–Crippen MR) is 143 cm³/mol. The van der Waals surface area contributed by atoms with Crippen LogP contribution in [-0.4, -0.2) is 41.6 Å². The Labute approximate surface area is 232 Å². The Balaban J connectivity index is 1.28. The van der Waals surface area contributed by atoms with Crippen LogP contribution in [0.1, 0.15) is 69.2 Å². The minimum Gasteiger partial charge on any atom is -0.369 e. The van der Waals surface area contributed by atoms with Crippen molar-refractivity contribution in [2.45, 2.75) is 69.4 Å². The number of primary amides is 1. The fraction of sp³-hybridized carbons (Fsp3) is 0.462. The van der Waals surface area contributed by atoms with Crippen molar-refractivity contribution in [3.63, 3.8) is 0 Å². The van der Waals surface area contributed by atoms with Crippen LogP contribution < -0.4 is 16.4 Å². The Hall–Kier alpha value is -3.87. The van der Waals surface area contributed by atoms with Gasteiger partial charge in [0.1, 0.15) is 11.3 Å². The summed E-state index contributed by atoms with van der Waals surface area (Å²) in [6, 6.07) is 1.88. The van der Waals surface area contributed by atoms with Crippen LogP contribution >= 0.6 is 11.6 Å². The highest BCUT2D eigenvalue weighted by atomic mass is 35.5. The average molecular weight is 572 g/mol. The number of halogens is 3. The van der Waals surface area contributed by atoms with E-state index in [1.807, 2.05) is 4.57 Å². The maximum Gasteiger partial charge on any atom is 0.229 e. The zero-order valence-corrected chi connectivity index (χ0v) is 22.2. The van der Waals surface area contributed by atoms with Gasteiger partial charge in [0, 0.05) is 30.0 Å². The first-order valence-corrected chi connectivity index (χ1v) is 13.7. The van der Waals surface area contributed by atoms with Gasteiger partial charge in [0.2, 0.25) is 23.7 Å². The fourth-order valence-electron chi connectivity index (χ4n) is 5.82. The van der Waals surface area contributed by atoms with Crippen LogP contribution in [0, 0.1) is 17.6 Å². The molecule has 14 heteroatoms. The number of carbonyl (C=O) groups excluding carboxylic acids is 1. The Morgan fingerprint density at radius 2 is 1.82 bits per heavy atom. The molecule has 2 aliphatic rings. The summed E-state index contributed by atoms with van der Waals surface area (Å²) < 4.78 is 35.5. The molecule has 0 bridgehead atoms. The van der Waals surface area contributed by atoms with Crippen LogP contribution in [0.25, 0.3) is 11.2 Å². The van der Waals surface area contributed by atoms with E-state index in [9.17, 15) is 13.6 Å². The lowest BCUT2D eigenvalue weighted by atomic mass is 9.85. The second kappa shape index (κ2) is 11.0. The van der Waals surface area contributed by atoms with Crippen molar-refractivity contribution in [2.75, 3.05) is 10.6 Å². The molecule has 2 fully saturated rings. The molecule has 4 N–H and O–H groups in total. The number of amides is 1. The lowest BCUT2D eigenvalue weighted by Crippen LogP contribution is -2.29. The Morgan fingerprint density at radius 1 is 1.05 bits per heavy atom. The molecule has 0 unspecified atom stereocenters. The lowest BCUT2D eigenvalue weighted by Gasteiger charge is -2.29. The molecule has 3 aromatic heterocycles. The third-order valence-electron chi connectivity index (χ3n) is 7.93. The van der Waals surface area contributed by atoms with Crippen LogP contribution in [0.15, 0.2) is 29.2 Å². The normalized spacial score (nSPS) is 23.3. The van der Waals surface area contributed by atoms with Gasteiger partial charge in [0.15, 0.2) is 17.8 Å². The fourth-order valence-corrected chi connectivity index (χ4v) is 6.06. The van der Waals surface area contributed by atoms with E-state index in [4.69, 9.17) is 26.8 Å². The maximum atomic E-state index is 14.7. The molecule has 1 aromatic carbocycles. The molecule has 0 aliphatic heterocycles. The van der Waals surface area contributed by atoms with Crippen molar-refractivity contribution in [2.24, 2.45) is 11.7 Å². The number of nitrogens with zero attached hydrogens (tertiary/aromatic N) is 6. The zero-order valence-electron chi connectivity index (χ0n) is 21.5. The highest BCUT2D eigenvalue weighted by Crippen LogP contribution is 2.39. The van der Waals surface area contributed by atoms with Crippen LogP contribution in [-0.2, 0) is 4.79 Å². The van der Waals surface area contributed by atoms with Crippen molar-refractivity contribution in [3.05, 3.63) is 47.2 Å². The summed E-state index contributed by atoms with van der Waals surface area (Å²) in [7, 11) is 0. The van der Waals surface area contributed by atoms with Gasteiger partial charge < -0.3 is 20.9 Å². The molecule has 4 aromatic rings. The first-order chi connectivity index (χ1) is 19.4. The van der Waals surface area contributed by atoms with E-state index < -0.39 is 11.6 Å². The summed E-state index contributed by atoms with van der Waals surface area (Å²) in [4.78, 5) is 29.9. The van der Waals surface area contributed by atoms with Crippen molar-refractivity contribution in [1.82, 2.24) is 29.7 Å². The number of nitrogens with one attached hydrogen (secondary N) is 2. The van der Waals surface area contributed by atoms with Gasteiger partial charge in [-0.25, -0.2) is 18.7 Å². The third kappa shape index (κ3) is 5.29. The molecule has 0 atom stereocenters. The molecule has 11 nitrogen and oxygen atoms in total. The summed E-state index contributed by atoms with van der Waals surface area (Å²) in [6.45, 7) is 0. The number of aromatic nitrogens is 6. The number of fused-ring (bicyclic) bond motifs is 1. The molecule has 1 amide bonds. The molecular weight excluding hydrogens is 544 g/mol. The smallest absolute Gasteiger partial charge is 0.229 e. The topological polar surface area (TPSA) is 150 Å². The number of hydrogen-bond acceptors (Lipinski definition) is 9. The number of anilines is 3. The summed E-state index contributed by atoms with van der Waals surface area (Å²) in [5.41, 5.74) is 6.52. The zero-order chi connectivity index (χ0) is 27.8. The molecule has 0 saturated heterocycles. The number of carbonyl (C=O) groups is 1. The molecular formula is C26H28ClF2N9O2. The number of nitrogens with two attached hydrogens (primary N) is 1. The van der Waals surface area contributed by atoms with Gasteiger partial charge in [-0.1, -0.05) is 16.8 Å². The molecule has 2 saturated carbocycles. The van der Waals surface area contributed by atoms with Crippen LogP contribution in [0.3, 0.4) is 0 Å². The first kappa shape index (κ1) is 26.4. The average Bonchev–Trinajstić information content (AvgIpc) is 3.59. The monoisotopic (exact) mass is 571 g/mol. The molecule has 0 spiro atoms. The quantitative estimate of drug-likeness (QED) is 0.270. The minimum atomic E-state index is -0.842. The maximum absolute atomic E-state index is 14.7. The Bertz CT molecular complexity index is 1490. The highest BCUT2D eigenvalue weighted by Gasteiger charge is 2.30. The van der Waals surface area contributed by atoms with Gasteiger partial charge in [-0.05, 0) is 57.4 Å². The van der Waals surface area contributed by atoms with Gasteiger partial charge in [0.25, 0.3) is 0 Å². The summed E-state index contributed by atoms with van der Waals surface area (Å²) in [6.07, 6.45) is 9.17. The van der Waals surface area contributed by atoms with Gasteiger partial charge in [-0.3, -0.25) is 9.36 Å². The van der Waals surface area contributed by atoms with E-state index in [2.05, 4.69) is 30.7 Å². The van der Waals surface area contributed by atoms with Crippen molar-refractivity contribution >= 4 is 46.3 Å². The molecule has 0 radical (unpaired) electrons. The second-order valence-corrected chi connectivity index (χ2v) is 10.9. The van der Waals surface area contributed by atoms with Crippen LogP contribution in [0.5, 0.6) is 0 Å².